The molecule has 0 saturated carbocycles. The molecule has 0 radical (unpaired) electrons. The highest BCUT2D eigenvalue weighted by molar-refractivity contribution is 5.93. The molecule has 116 valence electrons. The van der Waals surface area contributed by atoms with Gasteiger partial charge in [0.1, 0.15) is 0 Å². The van der Waals surface area contributed by atoms with Crippen LogP contribution in [0.5, 0.6) is 0 Å². The molecule has 0 spiro atoms. The summed E-state index contributed by atoms with van der Waals surface area (Å²) in [7, 11) is 1.89. The number of carbonyl (C=O) groups excluding carboxylic acids is 1. The summed E-state index contributed by atoms with van der Waals surface area (Å²) in [5.41, 5.74) is 8.78. The summed E-state index contributed by atoms with van der Waals surface area (Å²) in [5.74, 6) is 0.0570. The number of nitrogens with zero attached hydrogens (tertiary/aromatic N) is 3. The minimum Gasteiger partial charge on any atom is -0.328 e. The summed E-state index contributed by atoms with van der Waals surface area (Å²) >= 11 is 0. The maximum Gasteiger partial charge on any atom is 0.238 e. The molecule has 6 heteroatoms. The fraction of sp³-hybridized carbons (Fsp3) is 0.733. The Balaban J connectivity index is 1.65. The predicted molar refractivity (Wildman–Crippen MR) is 82.0 cm³/mol. The maximum atomic E-state index is 12.4. The second-order valence-corrected chi connectivity index (χ2v) is 6.51. The summed E-state index contributed by atoms with van der Waals surface area (Å²) < 4.78 is 1.80. The van der Waals surface area contributed by atoms with Crippen LogP contribution in [0.2, 0.25) is 0 Å². The van der Waals surface area contributed by atoms with E-state index in [1.54, 1.807) is 4.68 Å². The highest BCUT2D eigenvalue weighted by atomic mass is 16.2. The molecule has 2 fully saturated rings. The normalized spacial score (nSPS) is 28.9. The van der Waals surface area contributed by atoms with E-state index in [9.17, 15) is 4.79 Å². The van der Waals surface area contributed by atoms with Crippen LogP contribution in [0.25, 0.3) is 0 Å². The van der Waals surface area contributed by atoms with Crippen LogP contribution >= 0.6 is 0 Å². The Bertz CT molecular complexity index is 539. The Hall–Kier alpha value is -1.40. The molecule has 6 nitrogen and oxygen atoms in total. The van der Waals surface area contributed by atoms with Gasteiger partial charge >= 0.3 is 0 Å². The van der Waals surface area contributed by atoms with Crippen molar-refractivity contribution in [2.75, 3.05) is 11.9 Å². The van der Waals surface area contributed by atoms with Crippen LogP contribution in [0.15, 0.2) is 0 Å². The van der Waals surface area contributed by atoms with Crippen molar-refractivity contribution in [1.29, 1.82) is 0 Å². The number of nitrogens with two attached hydrogens (primary N) is 1. The predicted octanol–water partition coefficient (Wildman–Crippen LogP) is 0.930. The van der Waals surface area contributed by atoms with E-state index in [-0.39, 0.29) is 5.91 Å². The molecular weight excluding hydrogens is 266 g/mol. The molecule has 2 atom stereocenters. The van der Waals surface area contributed by atoms with Gasteiger partial charge in [-0.15, -0.1) is 0 Å². The highest BCUT2D eigenvalue weighted by Crippen LogP contribution is 2.34. The minimum atomic E-state index is 0.0570. The number of carbonyl (C=O) groups is 1. The zero-order valence-electron chi connectivity index (χ0n) is 13.1. The zero-order chi connectivity index (χ0) is 15.1. The zero-order valence-corrected chi connectivity index (χ0v) is 13.1. The molecule has 3 heterocycles. The number of aryl methyl sites for hydroxylation is 2. The van der Waals surface area contributed by atoms with E-state index in [4.69, 9.17) is 5.73 Å². The van der Waals surface area contributed by atoms with Gasteiger partial charge in [0.05, 0.1) is 23.6 Å². The third-order valence-corrected chi connectivity index (χ3v) is 5.02. The fourth-order valence-electron chi connectivity index (χ4n) is 3.87. The monoisotopic (exact) mass is 291 g/mol. The second-order valence-electron chi connectivity index (χ2n) is 6.51. The Kier molecular flexibility index (Phi) is 3.75. The lowest BCUT2D eigenvalue weighted by atomic mass is 9.98. The van der Waals surface area contributed by atoms with Crippen LogP contribution in [0.3, 0.4) is 0 Å². The van der Waals surface area contributed by atoms with Crippen molar-refractivity contribution in [2.24, 2.45) is 12.8 Å². The maximum absolute atomic E-state index is 12.4. The molecule has 1 aromatic heterocycles. The van der Waals surface area contributed by atoms with Gasteiger partial charge in [-0.2, -0.15) is 5.10 Å². The van der Waals surface area contributed by atoms with Gasteiger partial charge in [-0.1, -0.05) is 0 Å². The molecule has 2 bridgehead atoms. The van der Waals surface area contributed by atoms with Gasteiger partial charge in [-0.3, -0.25) is 14.4 Å². The number of anilines is 1. The van der Waals surface area contributed by atoms with E-state index in [0.29, 0.717) is 24.7 Å². The van der Waals surface area contributed by atoms with Gasteiger partial charge in [0.2, 0.25) is 5.91 Å². The number of hydrogen-bond donors (Lipinski definition) is 2. The third-order valence-electron chi connectivity index (χ3n) is 5.02. The molecule has 3 N–H and O–H groups in total. The summed E-state index contributed by atoms with van der Waals surface area (Å²) in [6.07, 6.45) is 4.40. The van der Waals surface area contributed by atoms with Gasteiger partial charge in [-0.05, 0) is 39.5 Å². The first-order valence-corrected chi connectivity index (χ1v) is 7.77. The summed E-state index contributed by atoms with van der Waals surface area (Å²) in [4.78, 5) is 14.7. The first-order valence-electron chi connectivity index (χ1n) is 7.77. The lowest BCUT2D eigenvalue weighted by Crippen LogP contribution is -2.50. The van der Waals surface area contributed by atoms with Crippen molar-refractivity contribution in [3.8, 4) is 0 Å². The molecule has 0 aromatic carbocycles. The SMILES string of the molecule is Cc1nn(C)c(C)c1NC(=O)CN1C2CCC1CC(N)C2. The van der Waals surface area contributed by atoms with E-state index in [1.165, 1.54) is 12.8 Å². The molecule has 2 saturated heterocycles. The molecule has 1 amide bonds. The van der Waals surface area contributed by atoms with E-state index in [1.807, 2.05) is 20.9 Å². The summed E-state index contributed by atoms with van der Waals surface area (Å²) in [6, 6.07) is 1.28. The molecule has 3 rings (SSSR count). The summed E-state index contributed by atoms with van der Waals surface area (Å²) in [5, 5.41) is 7.37. The Morgan fingerprint density at radius 3 is 2.48 bits per heavy atom. The van der Waals surface area contributed by atoms with Crippen LogP contribution < -0.4 is 11.1 Å². The second kappa shape index (κ2) is 5.42. The minimum absolute atomic E-state index is 0.0570. The standard InChI is InChI=1S/C15H25N5O/c1-9-15(10(2)19(3)18-9)17-14(21)8-20-12-4-5-13(20)7-11(16)6-12/h11-13H,4-8,16H2,1-3H3,(H,17,21). The smallest absolute Gasteiger partial charge is 0.238 e. The highest BCUT2D eigenvalue weighted by Gasteiger charge is 2.40. The Morgan fingerprint density at radius 1 is 1.33 bits per heavy atom. The first kappa shape index (κ1) is 14.5. The average Bonchev–Trinajstić information content (AvgIpc) is 2.79. The number of aromatic nitrogens is 2. The van der Waals surface area contributed by atoms with Gasteiger partial charge in [0.25, 0.3) is 0 Å². The molecule has 0 aliphatic carbocycles. The van der Waals surface area contributed by atoms with E-state index in [0.717, 1.165) is 29.9 Å². The van der Waals surface area contributed by atoms with Crippen molar-refractivity contribution >= 4 is 11.6 Å². The Labute approximate surface area is 125 Å². The van der Waals surface area contributed by atoms with Crippen LogP contribution in [0.1, 0.15) is 37.1 Å². The van der Waals surface area contributed by atoms with Gasteiger partial charge < -0.3 is 11.1 Å². The third kappa shape index (κ3) is 2.70. The van der Waals surface area contributed by atoms with Crippen LogP contribution in [-0.4, -0.2) is 45.3 Å². The van der Waals surface area contributed by atoms with Crippen LogP contribution in [0.4, 0.5) is 5.69 Å². The number of hydrogen-bond acceptors (Lipinski definition) is 4. The van der Waals surface area contributed by atoms with Crippen molar-refractivity contribution in [2.45, 2.75) is 57.7 Å². The molecule has 2 aliphatic rings. The summed E-state index contributed by atoms with van der Waals surface area (Å²) in [6.45, 7) is 4.36. The van der Waals surface area contributed by atoms with Gasteiger partial charge in [0, 0.05) is 25.2 Å². The lowest BCUT2D eigenvalue weighted by molar-refractivity contribution is -0.118. The fourth-order valence-corrected chi connectivity index (χ4v) is 3.87. The van der Waals surface area contributed by atoms with E-state index >= 15 is 0 Å². The number of amides is 1. The number of piperidine rings is 1. The quantitative estimate of drug-likeness (QED) is 0.868. The number of nitrogens with one attached hydrogen (secondary N) is 1. The largest absolute Gasteiger partial charge is 0.328 e. The van der Waals surface area contributed by atoms with Gasteiger partial charge in [0.15, 0.2) is 0 Å². The van der Waals surface area contributed by atoms with E-state index in [2.05, 4.69) is 15.3 Å². The van der Waals surface area contributed by atoms with Crippen molar-refractivity contribution < 1.29 is 4.79 Å². The molecule has 21 heavy (non-hydrogen) atoms. The van der Waals surface area contributed by atoms with Crippen molar-refractivity contribution in [3.63, 3.8) is 0 Å². The average molecular weight is 291 g/mol. The van der Waals surface area contributed by atoms with Crippen molar-refractivity contribution in [1.82, 2.24) is 14.7 Å². The Morgan fingerprint density at radius 2 is 1.95 bits per heavy atom. The molecule has 2 unspecified atom stereocenters. The molecule has 1 aromatic rings. The van der Waals surface area contributed by atoms with Crippen LogP contribution in [0, 0.1) is 13.8 Å². The lowest BCUT2D eigenvalue weighted by Gasteiger charge is -2.37. The first-order chi connectivity index (χ1) is 9.95. The topological polar surface area (TPSA) is 76.2 Å². The van der Waals surface area contributed by atoms with Crippen molar-refractivity contribution in [3.05, 3.63) is 11.4 Å². The number of fused-ring (bicyclic) bond motifs is 2. The molecule has 2 aliphatic heterocycles. The number of rotatable bonds is 3. The van der Waals surface area contributed by atoms with Crippen LogP contribution in [-0.2, 0) is 11.8 Å². The molecular formula is C15H25N5O. The van der Waals surface area contributed by atoms with E-state index < -0.39 is 0 Å². The van der Waals surface area contributed by atoms with Gasteiger partial charge in [-0.25, -0.2) is 0 Å².